The normalized spacial score (nSPS) is 11.6. The predicted octanol–water partition coefficient (Wildman–Crippen LogP) is 3.34. The van der Waals surface area contributed by atoms with Gasteiger partial charge in [-0.3, -0.25) is 0 Å². The second kappa shape index (κ2) is 5.42. The van der Waals surface area contributed by atoms with Crippen molar-refractivity contribution in [1.29, 1.82) is 0 Å². The summed E-state index contributed by atoms with van der Waals surface area (Å²) in [6, 6.07) is 8.43. The first kappa shape index (κ1) is 14.8. The van der Waals surface area contributed by atoms with Crippen LogP contribution in [0.4, 0.5) is 10.1 Å². The maximum Gasteiger partial charge on any atom is 0.184 e. The summed E-state index contributed by atoms with van der Waals surface area (Å²) >= 11 is 5.86. The first-order chi connectivity index (χ1) is 9.29. The molecule has 0 aliphatic rings. The fraction of sp³-hybridized carbons (Fsp3) is 0.143. The molecule has 0 saturated carbocycles. The number of rotatable bonds is 3. The van der Waals surface area contributed by atoms with Crippen LogP contribution in [0, 0.1) is 12.7 Å². The number of nitrogens with two attached hydrogens (primary N) is 1. The average Bonchev–Trinajstić information content (AvgIpc) is 2.35. The van der Waals surface area contributed by atoms with E-state index in [1.165, 1.54) is 18.2 Å². The van der Waals surface area contributed by atoms with Gasteiger partial charge in [0, 0.05) is 5.02 Å². The highest BCUT2D eigenvalue weighted by Gasteiger charge is 2.20. The van der Waals surface area contributed by atoms with Gasteiger partial charge in [-0.2, -0.15) is 0 Å². The van der Waals surface area contributed by atoms with Crippen LogP contribution in [0.3, 0.4) is 0 Å². The molecular formula is C14H13ClFNO2S. The Hall–Kier alpha value is -1.59. The molecule has 3 nitrogen and oxygen atoms in total. The summed E-state index contributed by atoms with van der Waals surface area (Å²) in [4.78, 5) is 0.0675. The second-order valence-electron chi connectivity index (χ2n) is 4.54. The Morgan fingerprint density at radius 2 is 1.90 bits per heavy atom. The number of sulfone groups is 1. The first-order valence-corrected chi connectivity index (χ1v) is 7.85. The van der Waals surface area contributed by atoms with Gasteiger partial charge in [0.1, 0.15) is 5.82 Å². The van der Waals surface area contributed by atoms with E-state index >= 15 is 0 Å². The van der Waals surface area contributed by atoms with E-state index in [2.05, 4.69) is 0 Å². The Balaban J connectivity index is 2.43. The standard InChI is InChI=1S/C14H13ClFNO2S/c1-9-2-5-13(17)14(6-9)20(18,19)8-10-3-4-11(16)7-12(10)15/h2-7H,8,17H2,1H3. The summed E-state index contributed by atoms with van der Waals surface area (Å²) < 4.78 is 37.7. The van der Waals surface area contributed by atoms with Crippen molar-refractivity contribution in [3.05, 3.63) is 58.4 Å². The molecule has 0 saturated heterocycles. The van der Waals surface area contributed by atoms with Gasteiger partial charge in [0.15, 0.2) is 9.84 Å². The maximum atomic E-state index is 13.0. The molecule has 0 bridgehead atoms. The number of hydrogen-bond acceptors (Lipinski definition) is 3. The van der Waals surface area contributed by atoms with E-state index in [1.54, 1.807) is 19.1 Å². The molecule has 0 spiro atoms. The number of hydrogen-bond donors (Lipinski definition) is 1. The summed E-state index contributed by atoms with van der Waals surface area (Å²) in [6.45, 7) is 1.78. The van der Waals surface area contributed by atoms with Crippen molar-refractivity contribution in [2.45, 2.75) is 17.6 Å². The molecule has 0 aliphatic carbocycles. The lowest BCUT2D eigenvalue weighted by Crippen LogP contribution is -2.08. The lowest BCUT2D eigenvalue weighted by molar-refractivity contribution is 0.595. The lowest BCUT2D eigenvalue weighted by atomic mass is 10.2. The van der Waals surface area contributed by atoms with Crippen LogP contribution < -0.4 is 5.73 Å². The quantitative estimate of drug-likeness (QED) is 0.884. The minimum Gasteiger partial charge on any atom is -0.398 e. The van der Waals surface area contributed by atoms with E-state index < -0.39 is 15.7 Å². The van der Waals surface area contributed by atoms with Crippen molar-refractivity contribution in [2.24, 2.45) is 0 Å². The van der Waals surface area contributed by atoms with Crippen molar-refractivity contribution in [1.82, 2.24) is 0 Å². The molecule has 0 amide bonds. The van der Waals surface area contributed by atoms with Gasteiger partial charge in [-0.15, -0.1) is 0 Å². The van der Waals surface area contributed by atoms with E-state index in [4.69, 9.17) is 17.3 Å². The van der Waals surface area contributed by atoms with Crippen LogP contribution in [-0.4, -0.2) is 8.42 Å². The maximum absolute atomic E-state index is 13.0. The molecular weight excluding hydrogens is 301 g/mol. The largest absolute Gasteiger partial charge is 0.398 e. The minimum atomic E-state index is -3.63. The van der Waals surface area contributed by atoms with Gasteiger partial charge in [0.2, 0.25) is 0 Å². The highest BCUT2D eigenvalue weighted by molar-refractivity contribution is 7.90. The van der Waals surface area contributed by atoms with Gasteiger partial charge in [-0.1, -0.05) is 23.7 Å². The monoisotopic (exact) mass is 313 g/mol. The molecule has 0 unspecified atom stereocenters. The van der Waals surface area contributed by atoms with Crippen LogP contribution in [-0.2, 0) is 15.6 Å². The fourth-order valence-corrected chi connectivity index (χ4v) is 3.75. The zero-order chi connectivity index (χ0) is 14.9. The van der Waals surface area contributed by atoms with Gasteiger partial charge in [0.05, 0.1) is 16.3 Å². The lowest BCUT2D eigenvalue weighted by Gasteiger charge is -2.09. The number of aryl methyl sites for hydroxylation is 1. The van der Waals surface area contributed by atoms with Crippen LogP contribution >= 0.6 is 11.6 Å². The topological polar surface area (TPSA) is 60.2 Å². The van der Waals surface area contributed by atoms with E-state index in [9.17, 15) is 12.8 Å². The molecule has 6 heteroatoms. The predicted molar refractivity (Wildman–Crippen MR) is 77.9 cm³/mol. The zero-order valence-corrected chi connectivity index (χ0v) is 12.3. The van der Waals surface area contributed by atoms with E-state index in [0.717, 1.165) is 11.6 Å². The highest BCUT2D eigenvalue weighted by Crippen LogP contribution is 2.26. The molecule has 0 heterocycles. The molecule has 2 N–H and O–H groups in total. The van der Waals surface area contributed by atoms with Gasteiger partial charge in [-0.25, -0.2) is 12.8 Å². The van der Waals surface area contributed by atoms with Crippen molar-refractivity contribution < 1.29 is 12.8 Å². The molecule has 2 aromatic carbocycles. The van der Waals surface area contributed by atoms with Crippen LogP contribution in [0.1, 0.15) is 11.1 Å². The van der Waals surface area contributed by atoms with Gasteiger partial charge in [-0.05, 0) is 42.3 Å². The summed E-state index contributed by atoms with van der Waals surface area (Å²) in [5.41, 5.74) is 7.04. The SMILES string of the molecule is Cc1ccc(N)c(S(=O)(=O)Cc2ccc(F)cc2Cl)c1. The average molecular weight is 314 g/mol. The Kier molecular flexibility index (Phi) is 4.01. The minimum absolute atomic E-state index is 0.0675. The zero-order valence-electron chi connectivity index (χ0n) is 10.7. The summed E-state index contributed by atoms with van der Waals surface area (Å²) in [5, 5.41) is 0.0831. The molecule has 2 rings (SSSR count). The van der Waals surface area contributed by atoms with Crippen LogP contribution in [0.25, 0.3) is 0 Å². The summed E-state index contributed by atoms with van der Waals surface area (Å²) in [5.74, 6) is -0.828. The highest BCUT2D eigenvalue weighted by atomic mass is 35.5. The Morgan fingerprint density at radius 1 is 1.20 bits per heavy atom. The van der Waals surface area contributed by atoms with E-state index in [1.807, 2.05) is 0 Å². The molecule has 0 aromatic heterocycles. The molecule has 20 heavy (non-hydrogen) atoms. The Labute approximate surface area is 122 Å². The molecule has 0 aliphatic heterocycles. The molecule has 2 aromatic rings. The number of nitrogen functional groups attached to an aromatic ring is 1. The van der Waals surface area contributed by atoms with Crippen molar-refractivity contribution in [3.8, 4) is 0 Å². The summed E-state index contributed by atoms with van der Waals surface area (Å²) in [6.07, 6.45) is 0. The van der Waals surface area contributed by atoms with Crippen molar-refractivity contribution in [2.75, 3.05) is 5.73 Å². The van der Waals surface area contributed by atoms with Gasteiger partial charge in [0.25, 0.3) is 0 Å². The fourth-order valence-electron chi connectivity index (χ4n) is 1.83. The Bertz CT molecular complexity index is 760. The third-order valence-corrected chi connectivity index (χ3v) is 4.93. The van der Waals surface area contributed by atoms with Crippen LogP contribution in [0.2, 0.25) is 5.02 Å². The third-order valence-electron chi connectivity index (χ3n) is 2.86. The van der Waals surface area contributed by atoms with Crippen molar-refractivity contribution in [3.63, 3.8) is 0 Å². The molecule has 0 radical (unpaired) electrons. The first-order valence-electron chi connectivity index (χ1n) is 5.82. The van der Waals surface area contributed by atoms with Crippen LogP contribution in [0.5, 0.6) is 0 Å². The van der Waals surface area contributed by atoms with Gasteiger partial charge < -0.3 is 5.73 Å². The van der Waals surface area contributed by atoms with E-state index in [-0.39, 0.29) is 21.4 Å². The van der Waals surface area contributed by atoms with Crippen molar-refractivity contribution >= 4 is 27.1 Å². The third kappa shape index (κ3) is 3.11. The summed E-state index contributed by atoms with van der Waals surface area (Å²) in [7, 11) is -3.63. The van der Waals surface area contributed by atoms with Crippen LogP contribution in [0.15, 0.2) is 41.3 Å². The second-order valence-corrected chi connectivity index (χ2v) is 6.90. The molecule has 106 valence electrons. The number of anilines is 1. The molecule has 0 atom stereocenters. The molecule has 0 fully saturated rings. The smallest absolute Gasteiger partial charge is 0.184 e. The number of halogens is 2. The van der Waals surface area contributed by atoms with E-state index in [0.29, 0.717) is 5.56 Å². The Morgan fingerprint density at radius 3 is 2.55 bits per heavy atom. The number of benzene rings is 2. The van der Waals surface area contributed by atoms with Gasteiger partial charge >= 0.3 is 0 Å².